The van der Waals surface area contributed by atoms with Crippen molar-refractivity contribution < 1.29 is 18.8 Å². The lowest BCUT2D eigenvalue weighted by Gasteiger charge is -2.01. The Hall–Kier alpha value is -2.52. The lowest BCUT2D eigenvalue weighted by atomic mass is 10.2. The third kappa shape index (κ3) is 4.52. The fourth-order valence-electron chi connectivity index (χ4n) is 2.08. The number of methoxy groups -OCH3 is 1. The first-order valence-corrected chi connectivity index (χ1v) is 9.20. The molecule has 0 spiro atoms. The van der Waals surface area contributed by atoms with E-state index in [4.69, 9.17) is 4.52 Å². The second-order valence-corrected chi connectivity index (χ2v) is 7.08. The molecule has 0 fully saturated rings. The van der Waals surface area contributed by atoms with Gasteiger partial charge in [-0.3, -0.25) is 4.79 Å². The largest absolute Gasteiger partial charge is 0.465 e. The number of nitrogens with zero attached hydrogens (tertiary/aromatic N) is 2. The van der Waals surface area contributed by atoms with Crippen molar-refractivity contribution >= 4 is 39.6 Å². The average Bonchev–Trinajstić information content (AvgIpc) is 3.35. The fraction of sp³-hybridized carbons (Fsp3) is 0.250. The van der Waals surface area contributed by atoms with Gasteiger partial charge in [0.15, 0.2) is 0 Å². The monoisotopic (exact) mass is 377 g/mol. The van der Waals surface area contributed by atoms with Gasteiger partial charge in [-0.15, -0.1) is 22.7 Å². The maximum atomic E-state index is 12.0. The summed E-state index contributed by atoms with van der Waals surface area (Å²) in [5.41, 5.74) is 0. The number of nitrogens with one attached hydrogen (secondary N) is 1. The molecule has 9 heteroatoms. The third-order valence-corrected chi connectivity index (χ3v) is 5.11. The molecule has 7 nitrogen and oxygen atoms in total. The number of thiophene rings is 2. The van der Waals surface area contributed by atoms with Crippen molar-refractivity contribution in [2.45, 2.75) is 19.3 Å². The van der Waals surface area contributed by atoms with Gasteiger partial charge in [0.25, 0.3) is 0 Å². The summed E-state index contributed by atoms with van der Waals surface area (Å²) in [5, 5.41) is 9.26. The standard InChI is InChI=1S/C16H15N3O4S2/c1-22-16(21)11-7-8-14(25-11)17-12(20)5-2-6-13-18-15(19-23-13)10-4-3-9-24-10/h3-4,7-9H,2,5-6H2,1H3,(H,17,20). The second kappa shape index (κ2) is 8.04. The first-order chi connectivity index (χ1) is 12.2. The van der Waals surface area contributed by atoms with Crippen LogP contribution in [0.3, 0.4) is 0 Å². The van der Waals surface area contributed by atoms with Crippen molar-refractivity contribution in [1.82, 2.24) is 10.1 Å². The van der Waals surface area contributed by atoms with E-state index in [1.807, 2.05) is 17.5 Å². The van der Waals surface area contributed by atoms with E-state index in [2.05, 4.69) is 20.2 Å². The predicted octanol–water partition coefficient (Wildman–Crippen LogP) is 3.61. The van der Waals surface area contributed by atoms with Crippen LogP contribution in [0.2, 0.25) is 0 Å². The van der Waals surface area contributed by atoms with Crippen LogP contribution in [0.25, 0.3) is 10.7 Å². The highest BCUT2D eigenvalue weighted by atomic mass is 32.1. The van der Waals surface area contributed by atoms with E-state index in [1.54, 1.807) is 23.5 Å². The molecule has 0 radical (unpaired) electrons. The van der Waals surface area contributed by atoms with Crippen molar-refractivity contribution in [3.8, 4) is 10.7 Å². The normalized spacial score (nSPS) is 10.6. The van der Waals surface area contributed by atoms with Gasteiger partial charge < -0.3 is 14.6 Å². The van der Waals surface area contributed by atoms with Crippen molar-refractivity contribution in [2.75, 3.05) is 12.4 Å². The highest BCUT2D eigenvalue weighted by Gasteiger charge is 2.12. The molecule has 0 aromatic carbocycles. The molecule has 0 atom stereocenters. The molecule has 3 aromatic heterocycles. The van der Waals surface area contributed by atoms with Crippen LogP contribution in [0.15, 0.2) is 34.2 Å². The summed E-state index contributed by atoms with van der Waals surface area (Å²) in [6.45, 7) is 0. The van der Waals surface area contributed by atoms with Gasteiger partial charge in [-0.25, -0.2) is 4.79 Å². The molecule has 3 rings (SSSR count). The molecule has 3 aromatic rings. The van der Waals surface area contributed by atoms with Crippen LogP contribution in [0.4, 0.5) is 5.00 Å². The van der Waals surface area contributed by atoms with Crippen LogP contribution in [0.5, 0.6) is 0 Å². The SMILES string of the molecule is COC(=O)c1ccc(NC(=O)CCCc2nc(-c3cccs3)no2)s1. The first kappa shape index (κ1) is 17.3. The van der Waals surface area contributed by atoms with E-state index in [0.29, 0.717) is 40.9 Å². The van der Waals surface area contributed by atoms with Gasteiger partial charge in [-0.05, 0) is 30.0 Å². The van der Waals surface area contributed by atoms with Gasteiger partial charge >= 0.3 is 5.97 Å². The number of carbonyl (C=O) groups is 2. The molecule has 0 unspecified atom stereocenters. The molecule has 130 valence electrons. The van der Waals surface area contributed by atoms with Gasteiger partial charge in [0.05, 0.1) is 17.0 Å². The summed E-state index contributed by atoms with van der Waals surface area (Å²) in [6.07, 6.45) is 1.44. The van der Waals surface area contributed by atoms with E-state index in [9.17, 15) is 9.59 Å². The Bertz CT molecular complexity index is 855. The second-order valence-electron chi connectivity index (χ2n) is 5.05. The van der Waals surface area contributed by atoms with Crippen LogP contribution in [0, 0.1) is 0 Å². The van der Waals surface area contributed by atoms with Crippen molar-refractivity contribution in [2.24, 2.45) is 0 Å². The van der Waals surface area contributed by atoms with E-state index < -0.39 is 5.97 Å². The number of anilines is 1. The number of amides is 1. The van der Waals surface area contributed by atoms with Crippen LogP contribution >= 0.6 is 22.7 Å². The zero-order valence-electron chi connectivity index (χ0n) is 13.4. The molecule has 0 bridgehead atoms. The lowest BCUT2D eigenvalue weighted by molar-refractivity contribution is -0.116. The Kier molecular flexibility index (Phi) is 5.56. The van der Waals surface area contributed by atoms with Crippen molar-refractivity contribution in [3.63, 3.8) is 0 Å². The maximum absolute atomic E-state index is 12.0. The minimum atomic E-state index is -0.413. The lowest BCUT2D eigenvalue weighted by Crippen LogP contribution is -2.10. The van der Waals surface area contributed by atoms with Gasteiger partial charge in [-0.2, -0.15) is 4.98 Å². The predicted molar refractivity (Wildman–Crippen MR) is 94.8 cm³/mol. The van der Waals surface area contributed by atoms with Crippen LogP contribution in [0.1, 0.15) is 28.4 Å². The molecule has 3 heterocycles. The van der Waals surface area contributed by atoms with E-state index in [-0.39, 0.29) is 5.91 Å². The number of aromatic nitrogens is 2. The van der Waals surface area contributed by atoms with Gasteiger partial charge in [0.2, 0.25) is 17.6 Å². The Labute approximate surface area is 151 Å². The molecule has 0 aliphatic carbocycles. The van der Waals surface area contributed by atoms with E-state index in [1.165, 1.54) is 18.4 Å². The highest BCUT2D eigenvalue weighted by Crippen LogP contribution is 2.23. The molecular weight excluding hydrogens is 362 g/mol. The maximum Gasteiger partial charge on any atom is 0.348 e. The summed E-state index contributed by atoms with van der Waals surface area (Å²) in [5.74, 6) is 0.545. The van der Waals surface area contributed by atoms with E-state index in [0.717, 1.165) is 4.88 Å². The van der Waals surface area contributed by atoms with Crippen molar-refractivity contribution in [3.05, 3.63) is 40.4 Å². The fourth-order valence-corrected chi connectivity index (χ4v) is 3.57. The zero-order chi connectivity index (χ0) is 17.6. The minimum Gasteiger partial charge on any atom is -0.465 e. The Morgan fingerprint density at radius 2 is 2.20 bits per heavy atom. The molecule has 25 heavy (non-hydrogen) atoms. The Morgan fingerprint density at radius 1 is 1.32 bits per heavy atom. The summed E-state index contributed by atoms with van der Waals surface area (Å²) < 4.78 is 9.83. The molecular formula is C16H15N3O4S2. The first-order valence-electron chi connectivity index (χ1n) is 7.50. The third-order valence-electron chi connectivity index (χ3n) is 3.26. The zero-order valence-corrected chi connectivity index (χ0v) is 15.0. The highest BCUT2D eigenvalue weighted by molar-refractivity contribution is 7.18. The average molecular weight is 377 g/mol. The number of carbonyl (C=O) groups excluding carboxylic acids is 2. The summed E-state index contributed by atoms with van der Waals surface area (Å²) in [6, 6.07) is 7.16. The van der Waals surface area contributed by atoms with Gasteiger partial charge in [-0.1, -0.05) is 11.2 Å². The van der Waals surface area contributed by atoms with Gasteiger partial charge in [0.1, 0.15) is 4.88 Å². The van der Waals surface area contributed by atoms with Crippen LogP contribution < -0.4 is 5.32 Å². The minimum absolute atomic E-state index is 0.128. The molecule has 1 amide bonds. The van der Waals surface area contributed by atoms with Crippen LogP contribution in [-0.2, 0) is 16.0 Å². The molecule has 0 saturated heterocycles. The topological polar surface area (TPSA) is 94.3 Å². The Morgan fingerprint density at radius 3 is 2.96 bits per heavy atom. The summed E-state index contributed by atoms with van der Waals surface area (Å²) in [4.78, 5) is 29.1. The molecule has 1 N–H and O–H groups in total. The molecule has 0 saturated carbocycles. The van der Waals surface area contributed by atoms with E-state index >= 15 is 0 Å². The Balaban J connectivity index is 1.45. The summed E-state index contributed by atoms with van der Waals surface area (Å²) in [7, 11) is 1.32. The number of rotatable bonds is 7. The number of hydrogen-bond donors (Lipinski definition) is 1. The van der Waals surface area contributed by atoms with Gasteiger partial charge in [0, 0.05) is 12.8 Å². The number of hydrogen-bond acceptors (Lipinski definition) is 8. The van der Waals surface area contributed by atoms with Crippen LogP contribution in [-0.4, -0.2) is 29.1 Å². The number of aryl methyl sites for hydroxylation is 1. The molecule has 0 aliphatic heterocycles. The smallest absolute Gasteiger partial charge is 0.348 e. The quantitative estimate of drug-likeness (QED) is 0.632. The number of esters is 1. The number of ether oxygens (including phenoxy) is 1. The van der Waals surface area contributed by atoms with Crippen molar-refractivity contribution in [1.29, 1.82) is 0 Å². The molecule has 0 aliphatic rings. The summed E-state index contributed by atoms with van der Waals surface area (Å²) >= 11 is 2.72.